The molecule has 1 saturated heterocycles. The minimum Gasteiger partial charge on any atom is -0.457 e. The molecule has 182 valence electrons. The fourth-order valence-corrected chi connectivity index (χ4v) is 5.14. The molecule has 0 radical (unpaired) electrons. The molecular formula is C31H26N4OS. The Morgan fingerprint density at radius 3 is 2.32 bits per heavy atom. The number of ether oxygens (including phenoxy) is 1. The molecule has 5 nitrogen and oxygen atoms in total. The standard InChI is InChI=1S/C31H26N4OS/c1-22-9-5-6-13-28(22)36-26-16-14-25(15-17-26)35-30(29(33-31(35)37)27-12-7-8-19-32-27)23-18-20-34(21-23)24-10-3-2-4-11-24/h2-21,29-30H,1H3,(H,33,37)/t29-,30+/m0/s1. The van der Waals surface area contributed by atoms with E-state index in [1.165, 1.54) is 0 Å². The molecule has 0 unspecified atom stereocenters. The molecule has 1 fully saturated rings. The van der Waals surface area contributed by atoms with E-state index >= 15 is 0 Å². The second-order valence-electron chi connectivity index (χ2n) is 9.05. The number of hydrogen-bond acceptors (Lipinski definition) is 3. The molecule has 37 heavy (non-hydrogen) atoms. The Bertz CT molecular complexity index is 1520. The van der Waals surface area contributed by atoms with Gasteiger partial charge in [0.1, 0.15) is 11.5 Å². The van der Waals surface area contributed by atoms with Gasteiger partial charge in [-0.3, -0.25) is 4.98 Å². The van der Waals surface area contributed by atoms with Crippen molar-refractivity contribution in [3.05, 3.63) is 139 Å². The van der Waals surface area contributed by atoms with Crippen LogP contribution in [0.25, 0.3) is 5.69 Å². The molecular weight excluding hydrogens is 476 g/mol. The molecule has 6 heteroatoms. The minimum atomic E-state index is -0.0942. The number of para-hydroxylation sites is 2. The lowest BCUT2D eigenvalue weighted by molar-refractivity contribution is 0.479. The molecule has 0 saturated carbocycles. The van der Waals surface area contributed by atoms with Crippen LogP contribution < -0.4 is 15.0 Å². The molecule has 3 heterocycles. The van der Waals surface area contributed by atoms with Gasteiger partial charge in [-0.05, 0) is 90.9 Å². The van der Waals surface area contributed by atoms with Crippen LogP contribution in [0.4, 0.5) is 5.69 Å². The van der Waals surface area contributed by atoms with Gasteiger partial charge in [0.25, 0.3) is 0 Å². The summed E-state index contributed by atoms with van der Waals surface area (Å²) in [6, 6.07) is 34.4. The summed E-state index contributed by atoms with van der Waals surface area (Å²) in [5, 5.41) is 4.20. The fraction of sp³-hybridized carbons (Fsp3) is 0.0968. The third kappa shape index (κ3) is 4.59. The van der Waals surface area contributed by atoms with E-state index in [9.17, 15) is 0 Å². The third-order valence-corrected chi connectivity index (χ3v) is 6.96. The van der Waals surface area contributed by atoms with Gasteiger partial charge in [-0.25, -0.2) is 0 Å². The monoisotopic (exact) mass is 502 g/mol. The zero-order valence-corrected chi connectivity index (χ0v) is 21.2. The average Bonchev–Trinajstić information content (AvgIpc) is 3.56. The van der Waals surface area contributed by atoms with Crippen LogP contribution in [0.1, 0.15) is 28.9 Å². The normalized spacial score (nSPS) is 17.0. The number of hydrogen-bond donors (Lipinski definition) is 1. The summed E-state index contributed by atoms with van der Waals surface area (Å²) in [7, 11) is 0. The lowest BCUT2D eigenvalue weighted by Crippen LogP contribution is -2.29. The number of thiocarbonyl (C=S) groups is 1. The average molecular weight is 503 g/mol. The molecule has 6 rings (SSSR count). The van der Waals surface area contributed by atoms with Gasteiger partial charge in [0, 0.05) is 30.0 Å². The van der Waals surface area contributed by atoms with Crippen molar-refractivity contribution in [2.75, 3.05) is 4.90 Å². The van der Waals surface area contributed by atoms with Gasteiger partial charge < -0.3 is 19.5 Å². The van der Waals surface area contributed by atoms with Crippen molar-refractivity contribution in [2.24, 2.45) is 0 Å². The number of pyridine rings is 1. The van der Waals surface area contributed by atoms with E-state index < -0.39 is 0 Å². The van der Waals surface area contributed by atoms with Crippen molar-refractivity contribution in [3.8, 4) is 17.2 Å². The number of rotatable bonds is 6. The molecule has 2 atom stereocenters. The topological polar surface area (TPSA) is 42.3 Å². The van der Waals surface area contributed by atoms with E-state index in [0.29, 0.717) is 5.11 Å². The first-order valence-electron chi connectivity index (χ1n) is 12.2. The van der Waals surface area contributed by atoms with Crippen molar-refractivity contribution < 1.29 is 4.74 Å². The van der Waals surface area contributed by atoms with Crippen molar-refractivity contribution in [3.63, 3.8) is 0 Å². The van der Waals surface area contributed by atoms with E-state index in [4.69, 9.17) is 17.0 Å². The Balaban J connectivity index is 1.36. The second-order valence-corrected chi connectivity index (χ2v) is 9.43. The van der Waals surface area contributed by atoms with E-state index in [0.717, 1.165) is 39.7 Å². The SMILES string of the molecule is Cc1ccccc1Oc1ccc(N2C(=S)N[C@@H](c3ccccn3)[C@H]2c2ccn(-c3ccccc3)c2)cc1. The smallest absolute Gasteiger partial charge is 0.174 e. The fourth-order valence-electron chi connectivity index (χ4n) is 4.79. The van der Waals surface area contributed by atoms with Crippen LogP contribution >= 0.6 is 12.2 Å². The Kier molecular flexibility index (Phi) is 6.16. The minimum absolute atomic E-state index is 0.0736. The predicted molar refractivity (Wildman–Crippen MR) is 151 cm³/mol. The zero-order chi connectivity index (χ0) is 25.2. The molecule has 0 amide bonds. The first kappa shape index (κ1) is 23.0. The quantitative estimate of drug-likeness (QED) is 0.250. The number of aryl methyl sites for hydroxylation is 1. The Morgan fingerprint density at radius 1 is 0.811 bits per heavy atom. The number of benzene rings is 3. The van der Waals surface area contributed by atoms with Crippen molar-refractivity contribution in [2.45, 2.75) is 19.0 Å². The van der Waals surface area contributed by atoms with Crippen LogP contribution in [-0.4, -0.2) is 14.7 Å². The summed E-state index contributed by atoms with van der Waals surface area (Å²) < 4.78 is 8.27. The Hall–Kier alpha value is -4.42. The molecule has 2 aromatic heterocycles. The zero-order valence-electron chi connectivity index (χ0n) is 20.4. The van der Waals surface area contributed by atoms with Crippen molar-refractivity contribution >= 4 is 23.0 Å². The molecule has 1 aliphatic rings. The summed E-state index contributed by atoms with van der Waals surface area (Å²) in [5.41, 5.74) is 5.29. The molecule has 1 aliphatic heterocycles. The largest absolute Gasteiger partial charge is 0.457 e. The van der Waals surface area contributed by atoms with Crippen molar-refractivity contribution in [1.82, 2.24) is 14.9 Å². The van der Waals surface area contributed by atoms with Crippen LogP contribution in [0.2, 0.25) is 0 Å². The van der Waals surface area contributed by atoms with Gasteiger partial charge in [-0.15, -0.1) is 0 Å². The van der Waals surface area contributed by atoms with Gasteiger partial charge in [0.2, 0.25) is 0 Å². The van der Waals surface area contributed by atoms with Gasteiger partial charge in [0.15, 0.2) is 5.11 Å². The maximum Gasteiger partial charge on any atom is 0.174 e. The highest BCUT2D eigenvalue weighted by atomic mass is 32.1. The first-order chi connectivity index (χ1) is 18.2. The molecule has 0 spiro atoms. The van der Waals surface area contributed by atoms with Crippen LogP contribution in [0.5, 0.6) is 11.5 Å². The van der Waals surface area contributed by atoms with E-state index in [1.807, 2.05) is 85.9 Å². The van der Waals surface area contributed by atoms with E-state index in [2.05, 4.69) is 62.5 Å². The number of nitrogens with zero attached hydrogens (tertiary/aromatic N) is 3. The highest BCUT2D eigenvalue weighted by Crippen LogP contribution is 2.42. The molecule has 5 aromatic rings. The number of anilines is 1. The third-order valence-electron chi connectivity index (χ3n) is 6.65. The first-order valence-corrected chi connectivity index (χ1v) is 12.7. The summed E-state index contributed by atoms with van der Waals surface area (Å²) in [4.78, 5) is 6.84. The van der Waals surface area contributed by atoms with Crippen LogP contribution in [-0.2, 0) is 0 Å². The summed E-state index contributed by atoms with van der Waals surface area (Å²) >= 11 is 5.88. The Morgan fingerprint density at radius 2 is 1.57 bits per heavy atom. The number of nitrogens with one attached hydrogen (secondary N) is 1. The predicted octanol–water partition coefficient (Wildman–Crippen LogP) is 7.15. The maximum atomic E-state index is 6.13. The van der Waals surface area contributed by atoms with E-state index in [1.54, 1.807) is 0 Å². The summed E-state index contributed by atoms with van der Waals surface area (Å²) in [5.74, 6) is 1.63. The van der Waals surface area contributed by atoms with Crippen LogP contribution in [0, 0.1) is 6.92 Å². The summed E-state index contributed by atoms with van der Waals surface area (Å²) in [6.07, 6.45) is 6.10. The molecule has 3 aromatic carbocycles. The molecule has 1 N–H and O–H groups in total. The van der Waals surface area contributed by atoms with Crippen molar-refractivity contribution in [1.29, 1.82) is 0 Å². The van der Waals surface area contributed by atoms with Gasteiger partial charge in [0.05, 0.1) is 17.8 Å². The Labute approximate surface area is 222 Å². The lowest BCUT2D eigenvalue weighted by Gasteiger charge is -2.27. The molecule has 0 aliphatic carbocycles. The lowest BCUT2D eigenvalue weighted by atomic mass is 9.98. The van der Waals surface area contributed by atoms with E-state index in [-0.39, 0.29) is 12.1 Å². The number of aromatic nitrogens is 2. The highest BCUT2D eigenvalue weighted by molar-refractivity contribution is 7.80. The van der Waals surface area contributed by atoms with Gasteiger partial charge in [-0.2, -0.15) is 0 Å². The van der Waals surface area contributed by atoms with Gasteiger partial charge >= 0.3 is 0 Å². The van der Waals surface area contributed by atoms with Gasteiger partial charge in [-0.1, -0.05) is 42.5 Å². The molecule has 0 bridgehead atoms. The second kappa shape index (κ2) is 9.91. The van der Waals surface area contributed by atoms with Crippen LogP contribution in [0.3, 0.4) is 0 Å². The summed E-state index contributed by atoms with van der Waals surface area (Å²) in [6.45, 7) is 2.04. The highest BCUT2D eigenvalue weighted by Gasteiger charge is 2.41. The maximum absolute atomic E-state index is 6.13. The van der Waals surface area contributed by atoms with Crippen LogP contribution in [0.15, 0.2) is 122 Å².